The van der Waals surface area contributed by atoms with Gasteiger partial charge in [0, 0.05) is 14.2 Å². The van der Waals surface area contributed by atoms with E-state index in [1.165, 1.54) is 64.2 Å². The molecule has 2 rings (SSSR count). The molecule has 1 unspecified atom stereocenters. The summed E-state index contributed by atoms with van der Waals surface area (Å²) in [6.07, 6.45) is 14.1. The average molecular weight is 351 g/mol. The van der Waals surface area contributed by atoms with Crippen LogP contribution in [0, 0.1) is 0 Å². The Bertz CT molecular complexity index is 392. The maximum Gasteiger partial charge on any atom is 1.00 e. The zero-order valence-electron chi connectivity index (χ0n) is 14.9. The van der Waals surface area contributed by atoms with Crippen LogP contribution in [0.4, 0.5) is 0 Å². The average Bonchev–Trinajstić information content (AvgIpc) is 2.47. The second-order valence-corrected chi connectivity index (χ2v) is 11.7. The van der Waals surface area contributed by atoms with Gasteiger partial charge < -0.3 is 4.55 Å². The Hall–Kier alpha value is 1.00. The van der Waals surface area contributed by atoms with Gasteiger partial charge >= 0.3 is 18.9 Å². The first-order valence-corrected chi connectivity index (χ1v) is 11.8. The molecule has 2 fully saturated rings. The summed E-state index contributed by atoms with van der Waals surface area (Å²) in [4.78, 5) is 0. The van der Waals surface area contributed by atoms with E-state index in [0.717, 1.165) is 11.3 Å². The third-order valence-corrected chi connectivity index (χ3v) is 10.0. The fourth-order valence-electron chi connectivity index (χ4n) is 4.24. The first-order valence-electron chi connectivity index (χ1n) is 8.68. The molecule has 0 N–H and O–H groups in total. The summed E-state index contributed by atoms with van der Waals surface area (Å²) in [5.41, 5.74) is 2.11. The second-order valence-electron chi connectivity index (χ2n) is 6.93. The SMILES string of the molecule is CC(CCS(=O)(=O)[O-])P(C1CCCCC1)C1CCCCC1.[B].[Li+]. The van der Waals surface area contributed by atoms with Gasteiger partial charge in [-0.1, -0.05) is 53.4 Å². The predicted octanol–water partition coefficient (Wildman–Crippen LogP) is 1.08. The summed E-state index contributed by atoms with van der Waals surface area (Å²) in [7, 11) is -4.17. The molecule has 127 valence electrons. The van der Waals surface area contributed by atoms with Crippen LogP contribution in [0.1, 0.15) is 77.6 Å². The van der Waals surface area contributed by atoms with Crippen molar-refractivity contribution in [2.24, 2.45) is 0 Å². The summed E-state index contributed by atoms with van der Waals surface area (Å²) in [6, 6.07) is 0. The molecular weight excluding hydrogens is 321 g/mol. The van der Waals surface area contributed by atoms with Gasteiger partial charge in [-0.05, 0) is 49.1 Å². The van der Waals surface area contributed by atoms with Crippen molar-refractivity contribution < 1.29 is 31.8 Å². The largest absolute Gasteiger partial charge is 1.00 e. The molecule has 3 nitrogen and oxygen atoms in total. The molecule has 0 aliphatic heterocycles. The van der Waals surface area contributed by atoms with E-state index in [4.69, 9.17) is 0 Å². The smallest absolute Gasteiger partial charge is 0.748 e. The molecule has 0 spiro atoms. The maximum atomic E-state index is 11.0. The number of hydrogen-bond donors (Lipinski definition) is 0. The number of rotatable bonds is 6. The molecule has 7 heteroatoms. The van der Waals surface area contributed by atoms with Gasteiger partial charge in [-0.25, -0.2) is 8.42 Å². The van der Waals surface area contributed by atoms with Crippen molar-refractivity contribution in [2.75, 3.05) is 5.75 Å². The molecule has 0 bridgehead atoms. The van der Waals surface area contributed by atoms with Crippen molar-refractivity contribution in [3.63, 3.8) is 0 Å². The molecule has 0 aromatic rings. The van der Waals surface area contributed by atoms with Gasteiger partial charge in [-0.2, -0.15) is 0 Å². The normalized spacial score (nSPS) is 22.2. The Morgan fingerprint density at radius 1 is 0.957 bits per heavy atom. The molecule has 2 aliphatic rings. The summed E-state index contributed by atoms with van der Waals surface area (Å²) in [5.74, 6) is -0.160. The van der Waals surface area contributed by atoms with Crippen LogP contribution in [0.3, 0.4) is 0 Å². The van der Waals surface area contributed by atoms with Gasteiger partial charge in [0.15, 0.2) is 0 Å². The molecule has 2 aliphatic carbocycles. The second kappa shape index (κ2) is 11.6. The van der Waals surface area contributed by atoms with Gasteiger partial charge in [0.05, 0.1) is 10.1 Å². The first kappa shape index (κ1) is 24.0. The van der Waals surface area contributed by atoms with E-state index in [2.05, 4.69) is 6.92 Å². The molecule has 0 aromatic heterocycles. The Labute approximate surface area is 158 Å². The van der Waals surface area contributed by atoms with Crippen LogP contribution in [-0.4, -0.2) is 44.1 Å². The molecule has 23 heavy (non-hydrogen) atoms. The Kier molecular flexibility index (Phi) is 12.1. The van der Waals surface area contributed by atoms with Crippen LogP contribution in [-0.2, 0) is 10.1 Å². The van der Waals surface area contributed by atoms with E-state index in [-0.39, 0.29) is 40.9 Å². The minimum Gasteiger partial charge on any atom is -0.748 e. The van der Waals surface area contributed by atoms with E-state index >= 15 is 0 Å². The Balaban J connectivity index is 0.00000242. The molecule has 3 radical (unpaired) electrons. The van der Waals surface area contributed by atoms with E-state index in [9.17, 15) is 13.0 Å². The van der Waals surface area contributed by atoms with E-state index in [0.29, 0.717) is 12.1 Å². The van der Waals surface area contributed by atoms with Crippen molar-refractivity contribution in [2.45, 2.75) is 94.5 Å². The van der Waals surface area contributed by atoms with Gasteiger partial charge in [-0.15, -0.1) is 0 Å². The zero-order chi connectivity index (χ0) is 15.3. The van der Waals surface area contributed by atoms with Gasteiger partial charge in [0.2, 0.25) is 0 Å². The molecule has 0 aromatic carbocycles. The Morgan fingerprint density at radius 2 is 1.35 bits per heavy atom. The van der Waals surface area contributed by atoms with Crippen LogP contribution in [0.25, 0.3) is 0 Å². The maximum absolute atomic E-state index is 11.0. The van der Waals surface area contributed by atoms with E-state index in [1.54, 1.807) is 0 Å². The monoisotopic (exact) mass is 351 g/mol. The summed E-state index contributed by atoms with van der Waals surface area (Å²) in [6.45, 7) is 2.22. The molecule has 0 amide bonds. The molecule has 2 saturated carbocycles. The van der Waals surface area contributed by atoms with Gasteiger partial charge in [-0.3, -0.25) is 0 Å². The van der Waals surface area contributed by atoms with Crippen LogP contribution in [0.5, 0.6) is 0 Å². The van der Waals surface area contributed by atoms with Gasteiger partial charge in [0.1, 0.15) is 0 Å². The third kappa shape index (κ3) is 8.28. The molecular formula is C16H30BLiO3PS. The molecule has 1 atom stereocenters. The fraction of sp³-hybridized carbons (Fsp3) is 1.00. The fourth-order valence-corrected chi connectivity index (χ4v) is 9.44. The first-order chi connectivity index (χ1) is 9.97. The van der Waals surface area contributed by atoms with E-state index < -0.39 is 10.1 Å². The van der Waals surface area contributed by atoms with Crippen molar-refractivity contribution in [1.82, 2.24) is 0 Å². The molecule has 0 saturated heterocycles. The van der Waals surface area contributed by atoms with Crippen molar-refractivity contribution in [1.29, 1.82) is 0 Å². The number of hydrogen-bond acceptors (Lipinski definition) is 3. The van der Waals surface area contributed by atoms with Gasteiger partial charge in [0.25, 0.3) is 0 Å². The summed E-state index contributed by atoms with van der Waals surface area (Å²) >= 11 is 0. The van der Waals surface area contributed by atoms with Crippen LogP contribution in [0.15, 0.2) is 0 Å². The minimum absolute atomic E-state index is 0. The van der Waals surface area contributed by atoms with Crippen LogP contribution in [0.2, 0.25) is 0 Å². The van der Waals surface area contributed by atoms with Crippen molar-refractivity contribution >= 4 is 26.5 Å². The third-order valence-electron chi connectivity index (χ3n) is 5.29. The summed E-state index contributed by atoms with van der Waals surface area (Å²) in [5, 5.41) is 0. The van der Waals surface area contributed by atoms with Crippen molar-refractivity contribution in [3.8, 4) is 0 Å². The zero-order valence-corrected chi connectivity index (χ0v) is 16.6. The van der Waals surface area contributed by atoms with Crippen molar-refractivity contribution in [3.05, 3.63) is 0 Å². The van der Waals surface area contributed by atoms with E-state index in [1.807, 2.05) is 0 Å². The van der Waals surface area contributed by atoms with Crippen LogP contribution >= 0.6 is 7.92 Å². The topological polar surface area (TPSA) is 57.2 Å². The standard InChI is InChI=1S/C16H31O3PS.B.Li/c1-14(12-13-21(17,18)19)20(15-8-4-2-5-9-15)16-10-6-3-7-11-16;;/h14-16H,2-13H2,1H3,(H,17,18,19);;/q;;+1/p-1. The molecule has 0 heterocycles. The summed E-state index contributed by atoms with van der Waals surface area (Å²) < 4.78 is 32.9. The van der Waals surface area contributed by atoms with Crippen LogP contribution < -0.4 is 18.9 Å². The predicted molar refractivity (Wildman–Crippen MR) is 95.1 cm³/mol. The quantitative estimate of drug-likeness (QED) is 0.409. The minimum atomic E-state index is -4.05. The Morgan fingerprint density at radius 3 is 1.70 bits per heavy atom.